The first-order chi connectivity index (χ1) is 12.9. The molecule has 0 radical (unpaired) electrons. The van der Waals surface area contributed by atoms with Gasteiger partial charge in [0, 0.05) is 30.2 Å². The van der Waals surface area contributed by atoms with Crippen LogP contribution in [0.2, 0.25) is 5.02 Å². The van der Waals surface area contributed by atoms with Gasteiger partial charge in [-0.15, -0.1) is 0 Å². The van der Waals surface area contributed by atoms with E-state index in [1.54, 1.807) is 18.2 Å². The van der Waals surface area contributed by atoms with E-state index in [4.69, 9.17) is 11.6 Å². The molecule has 0 saturated carbocycles. The van der Waals surface area contributed by atoms with Crippen molar-refractivity contribution in [3.8, 4) is 0 Å². The van der Waals surface area contributed by atoms with Gasteiger partial charge in [0.25, 0.3) is 5.91 Å². The number of nitrogens with zero attached hydrogens (tertiary/aromatic N) is 1. The number of carbonyl (C=O) groups is 1. The van der Waals surface area contributed by atoms with E-state index < -0.39 is 26.6 Å². The zero-order valence-corrected chi connectivity index (χ0v) is 16.2. The maximum atomic E-state index is 14.2. The summed E-state index contributed by atoms with van der Waals surface area (Å²) < 4.78 is 41.0. The molecule has 1 aliphatic rings. The fraction of sp³-hybridized carbons (Fsp3) is 0.316. The zero-order valence-electron chi connectivity index (χ0n) is 14.6. The molecule has 144 valence electrons. The molecule has 0 aromatic heterocycles. The molecule has 2 aromatic carbocycles. The van der Waals surface area contributed by atoms with E-state index in [2.05, 4.69) is 5.32 Å². The Hall–Kier alpha value is -1.96. The number of hydrogen-bond donors (Lipinski definition) is 1. The van der Waals surface area contributed by atoms with E-state index in [1.807, 2.05) is 6.07 Å². The van der Waals surface area contributed by atoms with Crippen LogP contribution >= 0.6 is 11.6 Å². The highest BCUT2D eigenvalue weighted by molar-refractivity contribution is 7.89. The molecule has 1 fully saturated rings. The predicted molar refractivity (Wildman–Crippen MR) is 102 cm³/mol. The molecule has 0 atom stereocenters. The maximum Gasteiger partial charge on any atom is 0.251 e. The van der Waals surface area contributed by atoms with Gasteiger partial charge in [0.1, 0.15) is 10.7 Å². The van der Waals surface area contributed by atoms with E-state index in [0.29, 0.717) is 18.1 Å². The first-order valence-electron chi connectivity index (χ1n) is 8.70. The number of halogens is 2. The summed E-state index contributed by atoms with van der Waals surface area (Å²) in [7, 11) is -3.96. The molecular formula is C19H20ClFN2O3S. The number of benzene rings is 2. The molecule has 1 aliphatic heterocycles. The van der Waals surface area contributed by atoms with Gasteiger partial charge in [0.15, 0.2) is 0 Å². The van der Waals surface area contributed by atoms with Crippen LogP contribution in [-0.2, 0) is 16.6 Å². The minimum atomic E-state index is -3.96. The molecule has 2 aromatic rings. The van der Waals surface area contributed by atoms with Crippen LogP contribution in [0.5, 0.6) is 0 Å². The molecule has 0 bridgehead atoms. The van der Waals surface area contributed by atoms with Crippen LogP contribution in [-0.4, -0.2) is 31.7 Å². The average Bonchev–Trinajstić information content (AvgIpc) is 2.67. The monoisotopic (exact) mass is 410 g/mol. The highest BCUT2D eigenvalue weighted by Gasteiger charge is 2.29. The number of sulfonamides is 1. The van der Waals surface area contributed by atoms with Crippen molar-refractivity contribution in [1.82, 2.24) is 9.62 Å². The van der Waals surface area contributed by atoms with Crippen LogP contribution in [0.15, 0.2) is 47.4 Å². The zero-order chi connectivity index (χ0) is 19.4. The third kappa shape index (κ3) is 4.66. The van der Waals surface area contributed by atoms with Gasteiger partial charge in [-0.1, -0.05) is 30.2 Å². The van der Waals surface area contributed by atoms with Crippen molar-refractivity contribution in [2.24, 2.45) is 0 Å². The van der Waals surface area contributed by atoms with E-state index in [9.17, 15) is 17.6 Å². The molecule has 1 amide bonds. The third-order valence-corrected chi connectivity index (χ3v) is 6.62. The van der Waals surface area contributed by atoms with E-state index in [0.717, 1.165) is 37.0 Å². The summed E-state index contributed by atoms with van der Waals surface area (Å²) in [5.41, 5.74) is 0.896. The summed E-state index contributed by atoms with van der Waals surface area (Å²) in [6, 6.07) is 10.4. The highest BCUT2D eigenvalue weighted by atomic mass is 35.5. The topological polar surface area (TPSA) is 66.5 Å². The summed E-state index contributed by atoms with van der Waals surface area (Å²) in [4.78, 5) is 11.9. The molecule has 1 saturated heterocycles. The molecule has 0 aliphatic carbocycles. The largest absolute Gasteiger partial charge is 0.348 e. The Kier molecular flexibility index (Phi) is 6.14. The number of carbonyl (C=O) groups excluding carboxylic acids is 1. The quantitative estimate of drug-likeness (QED) is 0.819. The first-order valence-corrected chi connectivity index (χ1v) is 10.5. The van der Waals surface area contributed by atoms with Gasteiger partial charge in [-0.3, -0.25) is 4.79 Å². The fourth-order valence-electron chi connectivity index (χ4n) is 3.02. The van der Waals surface area contributed by atoms with Gasteiger partial charge in [0.2, 0.25) is 10.0 Å². The second-order valence-corrected chi connectivity index (χ2v) is 8.77. The molecule has 1 heterocycles. The molecule has 0 unspecified atom stereocenters. The molecule has 3 rings (SSSR count). The van der Waals surface area contributed by atoms with Crippen molar-refractivity contribution >= 4 is 27.5 Å². The average molecular weight is 411 g/mol. The Morgan fingerprint density at radius 2 is 1.85 bits per heavy atom. The van der Waals surface area contributed by atoms with Gasteiger partial charge in [-0.2, -0.15) is 4.31 Å². The van der Waals surface area contributed by atoms with Crippen molar-refractivity contribution in [3.63, 3.8) is 0 Å². The van der Waals surface area contributed by atoms with Gasteiger partial charge in [0.05, 0.1) is 0 Å². The molecule has 0 spiro atoms. The van der Waals surface area contributed by atoms with Crippen molar-refractivity contribution in [3.05, 3.63) is 64.4 Å². The van der Waals surface area contributed by atoms with Crippen molar-refractivity contribution in [2.45, 2.75) is 30.7 Å². The lowest BCUT2D eigenvalue weighted by Crippen LogP contribution is -2.36. The summed E-state index contributed by atoms with van der Waals surface area (Å²) in [5, 5.41) is 3.25. The lowest BCUT2D eigenvalue weighted by molar-refractivity contribution is 0.0950. The van der Waals surface area contributed by atoms with Gasteiger partial charge >= 0.3 is 0 Å². The minimum absolute atomic E-state index is 0.0917. The fourth-order valence-corrected chi connectivity index (χ4v) is 4.84. The van der Waals surface area contributed by atoms with E-state index in [1.165, 1.54) is 10.4 Å². The van der Waals surface area contributed by atoms with Crippen LogP contribution in [0.25, 0.3) is 0 Å². The van der Waals surface area contributed by atoms with Crippen LogP contribution in [0.3, 0.4) is 0 Å². The summed E-state index contributed by atoms with van der Waals surface area (Å²) >= 11 is 5.91. The molecule has 8 heteroatoms. The lowest BCUT2D eigenvalue weighted by Gasteiger charge is -2.26. The Morgan fingerprint density at radius 3 is 2.56 bits per heavy atom. The van der Waals surface area contributed by atoms with Crippen LogP contribution in [0.4, 0.5) is 4.39 Å². The van der Waals surface area contributed by atoms with Crippen molar-refractivity contribution in [1.29, 1.82) is 0 Å². The smallest absolute Gasteiger partial charge is 0.251 e. The Bertz CT molecular complexity index is 944. The SMILES string of the molecule is O=C(NCc1cccc(Cl)c1)c1ccc(F)c(S(=O)(=O)N2CCCCC2)c1. The second kappa shape index (κ2) is 8.37. The lowest BCUT2D eigenvalue weighted by atomic mass is 10.2. The van der Waals surface area contributed by atoms with Crippen molar-refractivity contribution < 1.29 is 17.6 Å². The predicted octanol–water partition coefficient (Wildman–Crippen LogP) is 3.58. The molecule has 27 heavy (non-hydrogen) atoms. The van der Waals surface area contributed by atoms with Crippen LogP contribution in [0, 0.1) is 5.82 Å². The highest BCUT2D eigenvalue weighted by Crippen LogP contribution is 2.24. The number of rotatable bonds is 5. The van der Waals surface area contributed by atoms with Crippen molar-refractivity contribution in [2.75, 3.05) is 13.1 Å². The summed E-state index contributed by atoms with van der Waals surface area (Å²) in [6.07, 6.45) is 2.46. The van der Waals surface area contributed by atoms with Crippen LogP contribution < -0.4 is 5.32 Å². The number of piperidine rings is 1. The number of nitrogens with one attached hydrogen (secondary N) is 1. The normalized spacial score (nSPS) is 15.5. The second-order valence-electron chi connectivity index (χ2n) is 6.42. The summed E-state index contributed by atoms with van der Waals surface area (Å²) in [6.45, 7) is 0.963. The van der Waals surface area contributed by atoms with Crippen LogP contribution in [0.1, 0.15) is 35.2 Å². The Labute approximate surface area is 163 Å². The third-order valence-electron chi connectivity index (χ3n) is 4.47. The van der Waals surface area contributed by atoms with Gasteiger partial charge < -0.3 is 5.32 Å². The first kappa shape index (κ1) is 19.8. The Balaban J connectivity index is 1.79. The van der Waals surface area contributed by atoms with E-state index >= 15 is 0 Å². The minimum Gasteiger partial charge on any atom is -0.348 e. The van der Waals surface area contributed by atoms with E-state index in [-0.39, 0.29) is 12.1 Å². The van der Waals surface area contributed by atoms with Gasteiger partial charge in [-0.05, 0) is 48.7 Å². The summed E-state index contributed by atoms with van der Waals surface area (Å²) in [5.74, 6) is -1.34. The Morgan fingerprint density at radius 1 is 1.11 bits per heavy atom. The number of amides is 1. The number of hydrogen-bond acceptors (Lipinski definition) is 3. The standard InChI is InChI=1S/C19H20ClFN2O3S/c20-16-6-4-5-14(11-16)13-22-19(24)15-7-8-17(21)18(12-15)27(25,26)23-9-2-1-3-10-23/h4-8,11-12H,1-3,9-10,13H2,(H,22,24). The maximum absolute atomic E-state index is 14.2. The van der Waals surface area contributed by atoms with Gasteiger partial charge in [-0.25, -0.2) is 12.8 Å². The molecule has 1 N–H and O–H groups in total. The molecule has 5 nitrogen and oxygen atoms in total. The molecular weight excluding hydrogens is 391 g/mol.